The summed E-state index contributed by atoms with van der Waals surface area (Å²) in [7, 11) is 0. The van der Waals surface area contributed by atoms with Crippen molar-refractivity contribution in [2.75, 3.05) is 17.6 Å². The predicted molar refractivity (Wildman–Crippen MR) is 158 cm³/mol. The Morgan fingerprint density at radius 3 is 2.59 bits per heavy atom. The third kappa shape index (κ3) is 8.90. The van der Waals surface area contributed by atoms with E-state index in [9.17, 15) is 9.18 Å². The molecule has 1 aromatic heterocycles. The van der Waals surface area contributed by atoms with Gasteiger partial charge >= 0.3 is 0 Å². The van der Waals surface area contributed by atoms with E-state index >= 15 is 0 Å². The van der Waals surface area contributed by atoms with Gasteiger partial charge in [0.1, 0.15) is 11.5 Å². The zero-order valence-corrected chi connectivity index (χ0v) is 23.3. The molecular formula is C29H37FN4OS2. The van der Waals surface area contributed by atoms with E-state index in [1.54, 1.807) is 23.6 Å². The Hall–Kier alpha value is -2.84. The van der Waals surface area contributed by atoms with Crippen molar-refractivity contribution >= 4 is 45.8 Å². The summed E-state index contributed by atoms with van der Waals surface area (Å²) in [6.45, 7) is 5.31. The average Bonchev–Trinajstić information content (AvgIpc) is 3.38. The summed E-state index contributed by atoms with van der Waals surface area (Å²) in [5.74, 6) is -0.382. The van der Waals surface area contributed by atoms with Crippen molar-refractivity contribution in [2.24, 2.45) is 0 Å². The van der Waals surface area contributed by atoms with Crippen molar-refractivity contribution in [3.63, 3.8) is 0 Å². The maximum absolute atomic E-state index is 14.0. The zero-order chi connectivity index (χ0) is 26.6. The summed E-state index contributed by atoms with van der Waals surface area (Å²) in [5, 5.41) is 9.07. The lowest BCUT2D eigenvalue weighted by Crippen LogP contribution is -2.22. The van der Waals surface area contributed by atoms with Gasteiger partial charge in [-0.1, -0.05) is 57.5 Å². The van der Waals surface area contributed by atoms with E-state index in [0.717, 1.165) is 60.6 Å². The van der Waals surface area contributed by atoms with Gasteiger partial charge in [0.15, 0.2) is 0 Å². The van der Waals surface area contributed by atoms with E-state index in [1.165, 1.54) is 36.3 Å². The van der Waals surface area contributed by atoms with E-state index in [0.29, 0.717) is 28.6 Å². The van der Waals surface area contributed by atoms with Gasteiger partial charge in [-0.3, -0.25) is 4.79 Å². The summed E-state index contributed by atoms with van der Waals surface area (Å²) in [4.78, 5) is 18.7. The number of nitrogens with one attached hydrogen (secondary N) is 2. The first-order chi connectivity index (χ1) is 17.9. The first-order valence-corrected chi connectivity index (χ1v) is 14.4. The Labute approximate surface area is 229 Å². The zero-order valence-electron chi connectivity index (χ0n) is 21.7. The van der Waals surface area contributed by atoms with Gasteiger partial charge in [-0.2, -0.15) is 0 Å². The molecule has 0 radical (unpaired) electrons. The maximum atomic E-state index is 14.0. The molecule has 0 aliphatic rings. The molecular weight excluding hydrogens is 503 g/mol. The number of thiazole rings is 1. The van der Waals surface area contributed by atoms with Crippen LogP contribution in [-0.4, -0.2) is 22.4 Å². The molecule has 3 aromatic rings. The smallest absolute Gasteiger partial charge is 0.275 e. The standard InChI is InChI=1S/C29H37FN4OS2/c1-3-5-6-17-32-27(36)10-7-9-21(8-4-2)29-34-26(19-37-29)28(35)33-25-16-13-22(30)18-24(25)20-11-14-23(31)15-12-20/h11-16,18-19,21H,3-10,17,31H2,1-2H3,(H,32,36)(H,33,35). The molecule has 3 rings (SSSR count). The molecule has 0 saturated heterocycles. The lowest BCUT2D eigenvalue weighted by Gasteiger charge is -2.14. The number of nitrogens with zero attached hydrogens (tertiary/aromatic N) is 1. The van der Waals surface area contributed by atoms with Crippen LogP contribution in [0.4, 0.5) is 15.8 Å². The van der Waals surface area contributed by atoms with Crippen molar-refractivity contribution in [1.82, 2.24) is 10.3 Å². The highest BCUT2D eigenvalue weighted by Crippen LogP contribution is 2.32. The number of nitrogen functional groups attached to an aromatic ring is 1. The lowest BCUT2D eigenvalue weighted by molar-refractivity contribution is 0.102. The van der Waals surface area contributed by atoms with Gasteiger partial charge in [0.2, 0.25) is 0 Å². The van der Waals surface area contributed by atoms with Crippen LogP contribution >= 0.6 is 23.6 Å². The Kier molecular flexibility index (Phi) is 11.5. The minimum Gasteiger partial charge on any atom is -0.399 e. The van der Waals surface area contributed by atoms with Crippen molar-refractivity contribution in [3.8, 4) is 11.1 Å². The highest BCUT2D eigenvalue weighted by Gasteiger charge is 2.19. The van der Waals surface area contributed by atoms with E-state index < -0.39 is 0 Å². The molecule has 0 spiro atoms. The molecule has 2 aromatic carbocycles. The molecule has 0 aliphatic heterocycles. The highest BCUT2D eigenvalue weighted by molar-refractivity contribution is 7.80. The SMILES string of the molecule is CCCCCNC(=S)CCCC(CCC)c1nc(C(=O)Nc2ccc(F)cc2-c2ccc(N)cc2)cs1. The fourth-order valence-corrected chi connectivity index (χ4v) is 5.45. The second kappa shape index (κ2) is 14.8. The highest BCUT2D eigenvalue weighted by atomic mass is 32.1. The Balaban J connectivity index is 1.63. The van der Waals surface area contributed by atoms with E-state index in [2.05, 4.69) is 24.5 Å². The van der Waals surface area contributed by atoms with Gasteiger partial charge in [0, 0.05) is 34.8 Å². The topological polar surface area (TPSA) is 80.0 Å². The number of nitrogens with two attached hydrogens (primary N) is 1. The third-order valence-electron chi connectivity index (χ3n) is 6.25. The molecule has 1 unspecified atom stereocenters. The summed E-state index contributed by atoms with van der Waals surface area (Å²) >= 11 is 7.02. The van der Waals surface area contributed by atoms with E-state index in [1.807, 2.05) is 12.1 Å². The van der Waals surface area contributed by atoms with Crippen LogP contribution in [0.2, 0.25) is 0 Å². The molecule has 37 heavy (non-hydrogen) atoms. The first kappa shape index (κ1) is 28.7. The fourth-order valence-electron chi connectivity index (χ4n) is 4.23. The minimum absolute atomic E-state index is 0.301. The van der Waals surface area contributed by atoms with Gasteiger partial charge in [-0.05, 0) is 68.0 Å². The number of unbranched alkanes of at least 4 members (excludes halogenated alkanes) is 2. The molecule has 5 nitrogen and oxygen atoms in total. The van der Waals surface area contributed by atoms with Crippen LogP contribution in [0.1, 0.15) is 86.6 Å². The number of carbonyl (C=O) groups excluding carboxylic acids is 1. The molecule has 198 valence electrons. The number of hydrogen-bond acceptors (Lipinski definition) is 5. The van der Waals surface area contributed by atoms with Gasteiger partial charge in [0.25, 0.3) is 5.91 Å². The van der Waals surface area contributed by atoms with Crippen LogP contribution in [-0.2, 0) is 0 Å². The molecule has 1 atom stereocenters. The monoisotopic (exact) mass is 540 g/mol. The number of amides is 1. The quantitative estimate of drug-likeness (QED) is 0.110. The summed E-state index contributed by atoms with van der Waals surface area (Å²) in [6.07, 6.45) is 8.49. The van der Waals surface area contributed by atoms with Gasteiger partial charge < -0.3 is 16.4 Å². The lowest BCUT2D eigenvalue weighted by atomic mass is 9.97. The minimum atomic E-state index is -0.376. The van der Waals surface area contributed by atoms with Crippen LogP contribution in [0.5, 0.6) is 0 Å². The number of aromatic nitrogens is 1. The van der Waals surface area contributed by atoms with Crippen LogP contribution in [0, 0.1) is 5.82 Å². The van der Waals surface area contributed by atoms with E-state index in [4.69, 9.17) is 22.9 Å². The van der Waals surface area contributed by atoms with Crippen molar-refractivity contribution in [2.45, 2.75) is 71.1 Å². The largest absolute Gasteiger partial charge is 0.399 e. The van der Waals surface area contributed by atoms with Gasteiger partial charge in [-0.15, -0.1) is 11.3 Å². The van der Waals surface area contributed by atoms with Gasteiger partial charge in [0.05, 0.1) is 10.00 Å². The number of thiocarbonyl (C=S) groups is 1. The second-order valence-corrected chi connectivity index (χ2v) is 10.7. The molecule has 1 heterocycles. The second-order valence-electron chi connectivity index (χ2n) is 9.27. The molecule has 1 amide bonds. The first-order valence-electron chi connectivity index (χ1n) is 13.1. The van der Waals surface area contributed by atoms with Crippen LogP contribution in [0.15, 0.2) is 47.8 Å². The Bertz CT molecular complexity index is 1160. The molecule has 0 aliphatic carbocycles. The Morgan fingerprint density at radius 2 is 1.86 bits per heavy atom. The van der Waals surface area contributed by atoms with Gasteiger partial charge in [-0.25, -0.2) is 9.37 Å². The third-order valence-corrected chi connectivity index (χ3v) is 7.61. The predicted octanol–water partition coefficient (Wildman–Crippen LogP) is 7.94. The summed E-state index contributed by atoms with van der Waals surface area (Å²) < 4.78 is 14.0. The number of anilines is 2. The number of hydrogen-bond donors (Lipinski definition) is 3. The van der Waals surface area contributed by atoms with E-state index in [-0.39, 0.29) is 11.7 Å². The summed E-state index contributed by atoms with van der Waals surface area (Å²) in [6, 6.07) is 11.4. The molecule has 8 heteroatoms. The number of rotatable bonds is 14. The average molecular weight is 541 g/mol. The number of carbonyl (C=O) groups is 1. The van der Waals surface area contributed by atoms with Crippen LogP contribution in [0.25, 0.3) is 11.1 Å². The van der Waals surface area contributed by atoms with Crippen molar-refractivity contribution in [1.29, 1.82) is 0 Å². The van der Waals surface area contributed by atoms with Crippen LogP contribution in [0.3, 0.4) is 0 Å². The fraction of sp³-hybridized carbons (Fsp3) is 0.414. The van der Waals surface area contributed by atoms with Crippen molar-refractivity contribution < 1.29 is 9.18 Å². The molecule has 0 fully saturated rings. The maximum Gasteiger partial charge on any atom is 0.275 e. The summed E-state index contributed by atoms with van der Waals surface area (Å²) in [5.41, 5.74) is 8.67. The molecule has 0 bridgehead atoms. The Morgan fingerprint density at radius 1 is 1.08 bits per heavy atom. The normalized spacial score (nSPS) is 11.8. The van der Waals surface area contributed by atoms with Crippen LogP contribution < -0.4 is 16.4 Å². The number of halogens is 1. The van der Waals surface area contributed by atoms with Crippen molar-refractivity contribution in [3.05, 3.63) is 64.4 Å². The molecule has 0 saturated carbocycles. The molecule has 4 N–H and O–H groups in total. The number of benzene rings is 2.